The molecule has 2 aliphatic rings. The van der Waals surface area contributed by atoms with E-state index in [1.165, 1.54) is 35.5 Å². The topological polar surface area (TPSA) is 149 Å². The molecule has 1 aromatic rings. The van der Waals surface area contributed by atoms with Crippen LogP contribution in [0.2, 0.25) is 0 Å². The standard InChI is InChI=1S/C15H22N3O8PS/c1-7(2)25-14(21)8(3)17-27(23)24-6-9-12(26-27)11(20)13(28-9)18-5-4-10(19)16-15(18)22/h4-5,7-9,11-13,20H,6H2,1-3H3,(H,17,23)(H,16,19,22)/t8?,9-,11?,12?,13-,27?/m1/s1. The van der Waals surface area contributed by atoms with Crippen LogP contribution in [-0.2, 0) is 23.1 Å². The molecule has 3 N–H and O–H groups in total. The van der Waals surface area contributed by atoms with Crippen LogP contribution in [-0.4, -0.2) is 56.8 Å². The molecule has 13 heteroatoms. The zero-order chi connectivity index (χ0) is 20.6. The lowest BCUT2D eigenvalue weighted by molar-refractivity contribution is -0.149. The van der Waals surface area contributed by atoms with Gasteiger partial charge in [-0.25, -0.2) is 14.4 Å². The molecule has 0 aromatic carbocycles. The Kier molecular flexibility index (Phi) is 6.18. The van der Waals surface area contributed by atoms with E-state index >= 15 is 0 Å². The zero-order valence-corrected chi connectivity index (χ0v) is 17.1. The van der Waals surface area contributed by atoms with Gasteiger partial charge in [0.2, 0.25) is 0 Å². The van der Waals surface area contributed by atoms with E-state index in [4.69, 9.17) is 13.8 Å². The van der Waals surface area contributed by atoms with Crippen LogP contribution in [0.3, 0.4) is 0 Å². The van der Waals surface area contributed by atoms with Crippen LogP contribution in [0.5, 0.6) is 0 Å². The van der Waals surface area contributed by atoms with Crippen molar-refractivity contribution in [2.45, 2.75) is 55.7 Å². The minimum atomic E-state index is -3.88. The molecule has 0 spiro atoms. The fraction of sp³-hybridized carbons (Fsp3) is 0.667. The lowest BCUT2D eigenvalue weighted by atomic mass is 10.1. The second-order valence-corrected chi connectivity index (χ2v) is 9.86. The molecule has 28 heavy (non-hydrogen) atoms. The zero-order valence-electron chi connectivity index (χ0n) is 15.4. The summed E-state index contributed by atoms with van der Waals surface area (Å²) >= 11 is 1.21. The summed E-state index contributed by atoms with van der Waals surface area (Å²) < 4.78 is 29.9. The number of aliphatic hydroxyl groups excluding tert-OH is 1. The van der Waals surface area contributed by atoms with Gasteiger partial charge in [0, 0.05) is 12.3 Å². The number of aromatic nitrogens is 2. The van der Waals surface area contributed by atoms with Crippen molar-refractivity contribution >= 4 is 25.5 Å². The predicted molar refractivity (Wildman–Crippen MR) is 100 cm³/mol. The van der Waals surface area contributed by atoms with Gasteiger partial charge < -0.3 is 9.84 Å². The maximum atomic E-state index is 12.9. The van der Waals surface area contributed by atoms with Crippen LogP contribution in [0, 0.1) is 0 Å². The van der Waals surface area contributed by atoms with Crippen molar-refractivity contribution in [2.75, 3.05) is 6.61 Å². The van der Waals surface area contributed by atoms with Gasteiger partial charge in [0.1, 0.15) is 23.6 Å². The van der Waals surface area contributed by atoms with Crippen LogP contribution in [0.1, 0.15) is 26.1 Å². The van der Waals surface area contributed by atoms with Gasteiger partial charge in [0.05, 0.1) is 18.0 Å². The molecular formula is C15H22N3O8PS. The van der Waals surface area contributed by atoms with Crippen LogP contribution in [0.4, 0.5) is 0 Å². The average Bonchev–Trinajstić information content (AvgIpc) is 2.90. The van der Waals surface area contributed by atoms with E-state index in [-0.39, 0.29) is 18.0 Å². The molecule has 1 aromatic heterocycles. The van der Waals surface area contributed by atoms with Gasteiger partial charge in [-0.3, -0.25) is 28.2 Å². The third kappa shape index (κ3) is 4.42. The van der Waals surface area contributed by atoms with Crippen LogP contribution in [0.15, 0.2) is 21.9 Å². The van der Waals surface area contributed by atoms with Gasteiger partial charge in [-0.1, -0.05) is 0 Å². The van der Waals surface area contributed by atoms with E-state index in [1.807, 2.05) is 0 Å². The molecule has 11 nitrogen and oxygen atoms in total. The minimum Gasteiger partial charge on any atom is -0.462 e. The van der Waals surface area contributed by atoms with Crippen molar-refractivity contribution in [1.29, 1.82) is 0 Å². The summed E-state index contributed by atoms with van der Waals surface area (Å²) in [5.74, 6) is -0.612. The lowest BCUT2D eigenvalue weighted by Gasteiger charge is -2.33. The van der Waals surface area contributed by atoms with E-state index in [0.29, 0.717) is 0 Å². The number of fused-ring (bicyclic) bond motifs is 1. The van der Waals surface area contributed by atoms with Crippen molar-refractivity contribution in [3.8, 4) is 0 Å². The van der Waals surface area contributed by atoms with Gasteiger partial charge in [-0.15, -0.1) is 11.8 Å². The average molecular weight is 435 g/mol. The molecular weight excluding hydrogens is 413 g/mol. The molecule has 4 unspecified atom stereocenters. The summed E-state index contributed by atoms with van der Waals surface area (Å²) in [7, 11) is -3.88. The number of esters is 1. The summed E-state index contributed by atoms with van der Waals surface area (Å²) in [5, 5.41) is 12.0. The number of rotatable bonds is 5. The Hall–Kier alpha value is -1.43. The first-order valence-electron chi connectivity index (χ1n) is 8.66. The number of ether oxygens (including phenoxy) is 1. The Morgan fingerprint density at radius 3 is 2.82 bits per heavy atom. The van der Waals surface area contributed by atoms with Crippen molar-refractivity contribution in [1.82, 2.24) is 14.6 Å². The monoisotopic (exact) mass is 435 g/mol. The van der Waals surface area contributed by atoms with E-state index in [2.05, 4.69) is 10.1 Å². The second kappa shape index (κ2) is 8.13. The number of hydrogen-bond donors (Lipinski definition) is 3. The molecule has 0 aliphatic carbocycles. The highest BCUT2D eigenvalue weighted by atomic mass is 32.2. The highest BCUT2D eigenvalue weighted by Gasteiger charge is 2.52. The number of nitrogens with zero attached hydrogens (tertiary/aromatic N) is 1. The molecule has 156 valence electrons. The quantitative estimate of drug-likeness (QED) is 0.425. The summed E-state index contributed by atoms with van der Waals surface area (Å²) in [6, 6.07) is 0.219. The molecule has 2 fully saturated rings. The van der Waals surface area contributed by atoms with E-state index in [9.17, 15) is 24.1 Å². The molecule has 0 radical (unpaired) electrons. The molecule has 3 rings (SSSR count). The molecule has 0 bridgehead atoms. The Morgan fingerprint density at radius 1 is 1.46 bits per heavy atom. The van der Waals surface area contributed by atoms with Crippen molar-refractivity contribution in [3.05, 3.63) is 33.1 Å². The van der Waals surface area contributed by atoms with Gasteiger partial charge >= 0.3 is 19.4 Å². The van der Waals surface area contributed by atoms with Gasteiger partial charge in [-0.05, 0) is 20.8 Å². The summed E-state index contributed by atoms with van der Waals surface area (Å²) in [6.45, 7) is 4.83. The highest BCUT2D eigenvalue weighted by molar-refractivity contribution is 8.00. The molecule has 2 saturated heterocycles. The number of hydrogen-bond acceptors (Lipinski definition) is 9. The van der Waals surface area contributed by atoms with Crippen molar-refractivity contribution < 1.29 is 28.3 Å². The number of H-pyrrole nitrogens is 1. The van der Waals surface area contributed by atoms with Gasteiger partial charge in [0.25, 0.3) is 5.56 Å². The molecule has 3 heterocycles. The van der Waals surface area contributed by atoms with E-state index in [0.717, 1.165) is 0 Å². The van der Waals surface area contributed by atoms with E-state index in [1.54, 1.807) is 13.8 Å². The van der Waals surface area contributed by atoms with Crippen LogP contribution >= 0.6 is 19.5 Å². The van der Waals surface area contributed by atoms with Crippen LogP contribution in [0.25, 0.3) is 0 Å². The Morgan fingerprint density at radius 2 is 2.18 bits per heavy atom. The molecule has 2 aliphatic heterocycles. The largest absolute Gasteiger partial charge is 0.462 e. The third-order valence-electron chi connectivity index (χ3n) is 4.16. The third-order valence-corrected chi connectivity index (χ3v) is 7.41. The van der Waals surface area contributed by atoms with Crippen molar-refractivity contribution in [2.24, 2.45) is 0 Å². The first-order chi connectivity index (χ1) is 13.1. The second-order valence-electron chi connectivity index (χ2n) is 6.77. The number of nitrogens with one attached hydrogen (secondary N) is 2. The molecule has 0 amide bonds. The summed E-state index contributed by atoms with van der Waals surface area (Å²) in [5.41, 5.74) is -1.22. The lowest BCUT2D eigenvalue weighted by Crippen LogP contribution is -2.44. The summed E-state index contributed by atoms with van der Waals surface area (Å²) in [6.07, 6.45) is -1.13. The normalized spacial score (nSPS) is 33.5. The molecule has 6 atom stereocenters. The minimum absolute atomic E-state index is 0.0166. The maximum absolute atomic E-state index is 12.9. The summed E-state index contributed by atoms with van der Waals surface area (Å²) in [4.78, 5) is 37.3. The number of aliphatic hydroxyl groups is 1. The fourth-order valence-electron chi connectivity index (χ4n) is 2.90. The highest BCUT2D eigenvalue weighted by Crippen LogP contribution is 2.56. The Balaban J connectivity index is 1.72. The van der Waals surface area contributed by atoms with Gasteiger partial charge in [-0.2, -0.15) is 0 Å². The van der Waals surface area contributed by atoms with Gasteiger partial charge in [0.15, 0.2) is 0 Å². The number of carbonyl (C=O) groups is 1. The predicted octanol–water partition coefficient (Wildman–Crippen LogP) is -0.0353. The van der Waals surface area contributed by atoms with E-state index < -0.39 is 48.6 Å². The number of carbonyl (C=O) groups excluding carboxylic acids is 1. The first kappa shape index (κ1) is 21.3. The fourth-order valence-corrected chi connectivity index (χ4v) is 6.29. The number of thioether (sulfide) groups is 1. The first-order valence-corrected chi connectivity index (χ1v) is 11.1. The Labute approximate surface area is 164 Å². The molecule has 0 saturated carbocycles. The van der Waals surface area contributed by atoms with Crippen LogP contribution < -0.4 is 16.3 Å². The SMILES string of the molecule is CC(C)OC(=O)C(C)NP1(=O)OC[C@H]2S[C@@H](n3ccc(=O)[nH]c3=O)C(O)C2O1. The van der Waals surface area contributed by atoms with Crippen molar-refractivity contribution in [3.63, 3.8) is 0 Å². The number of aromatic amines is 1. The smallest absolute Gasteiger partial charge is 0.406 e. The Bertz CT molecular complexity index is 902. The maximum Gasteiger partial charge on any atom is 0.406 e.